The minimum absolute atomic E-state index is 0.109. The molecule has 1 N–H and O–H groups in total. The maximum Gasteiger partial charge on any atom is 0.180 e. The van der Waals surface area contributed by atoms with Gasteiger partial charge in [-0.15, -0.1) is 0 Å². The van der Waals surface area contributed by atoms with Crippen molar-refractivity contribution in [1.82, 2.24) is 4.90 Å². The third-order valence-electron chi connectivity index (χ3n) is 3.49. The second-order valence-corrected chi connectivity index (χ2v) is 7.33. The van der Waals surface area contributed by atoms with Gasteiger partial charge in [0.25, 0.3) is 0 Å². The molecule has 106 valence electrons. The first-order valence-electron chi connectivity index (χ1n) is 6.29. The molecule has 0 aromatic heterocycles. The van der Waals surface area contributed by atoms with Gasteiger partial charge in [0, 0.05) is 11.6 Å². The number of aliphatic hydroxyl groups excluding tert-OH is 1. The lowest BCUT2D eigenvalue weighted by atomic mass is 10.1. The highest BCUT2D eigenvalue weighted by molar-refractivity contribution is 7.91. The van der Waals surface area contributed by atoms with Crippen molar-refractivity contribution in [2.45, 2.75) is 23.8 Å². The first-order chi connectivity index (χ1) is 8.95. The van der Waals surface area contributed by atoms with Gasteiger partial charge in [0.1, 0.15) is 0 Å². The molecule has 0 saturated carbocycles. The molecule has 1 atom stereocenters. The Labute approximate surface area is 118 Å². The standard InChI is InChI=1S/C13H18ClNO3S/c1-15(6-2-3-7-16)12-9-19(17,18)13-5-4-10(14)8-11(12)13/h4-5,8,12,16H,2-3,6-7,9H2,1H3. The average molecular weight is 304 g/mol. The molecule has 1 aliphatic heterocycles. The van der Waals surface area contributed by atoms with Crippen LogP contribution in [0.15, 0.2) is 23.1 Å². The summed E-state index contributed by atoms with van der Waals surface area (Å²) in [5.41, 5.74) is 0.791. The third kappa shape index (κ3) is 3.11. The molecule has 0 amide bonds. The fourth-order valence-corrected chi connectivity index (χ4v) is 4.48. The van der Waals surface area contributed by atoms with Crippen LogP contribution in [0.3, 0.4) is 0 Å². The molecule has 0 bridgehead atoms. The summed E-state index contributed by atoms with van der Waals surface area (Å²) >= 11 is 5.97. The Bertz CT molecular complexity index is 559. The quantitative estimate of drug-likeness (QED) is 0.844. The van der Waals surface area contributed by atoms with Gasteiger partial charge in [0.05, 0.1) is 16.7 Å². The normalized spacial score (nSPS) is 20.7. The number of sulfone groups is 1. The van der Waals surface area contributed by atoms with Gasteiger partial charge in [-0.25, -0.2) is 8.42 Å². The highest BCUT2D eigenvalue weighted by Crippen LogP contribution is 2.38. The van der Waals surface area contributed by atoms with Crippen molar-refractivity contribution in [3.63, 3.8) is 0 Å². The Morgan fingerprint density at radius 2 is 2.16 bits per heavy atom. The summed E-state index contributed by atoms with van der Waals surface area (Å²) in [6.45, 7) is 0.923. The van der Waals surface area contributed by atoms with Crippen LogP contribution in [0.5, 0.6) is 0 Å². The second-order valence-electron chi connectivity index (χ2n) is 4.89. The van der Waals surface area contributed by atoms with Crippen LogP contribution in [-0.4, -0.2) is 44.4 Å². The highest BCUT2D eigenvalue weighted by Gasteiger charge is 2.36. The first-order valence-corrected chi connectivity index (χ1v) is 8.32. The molecular formula is C13H18ClNO3S. The van der Waals surface area contributed by atoms with E-state index in [1.165, 1.54) is 0 Å². The molecule has 6 heteroatoms. The minimum atomic E-state index is -3.20. The van der Waals surface area contributed by atoms with Crippen molar-refractivity contribution in [3.05, 3.63) is 28.8 Å². The summed E-state index contributed by atoms with van der Waals surface area (Å²) in [5, 5.41) is 9.35. The maximum atomic E-state index is 12.1. The van der Waals surface area contributed by atoms with Crippen molar-refractivity contribution in [2.24, 2.45) is 0 Å². The van der Waals surface area contributed by atoms with Crippen LogP contribution < -0.4 is 0 Å². The van der Waals surface area contributed by atoms with E-state index in [4.69, 9.17) is 16.7 Å². The Hall–Kier alpha value is -0.620. The van der Waals surface area contributed by atoms with Crippen LogP contribution in [-0.2, 0) is 9.84 Å². The SMILES string of the molecule is CN(CCCCO)C1CS(=O)(=O)c2ccc(Cl)cc21. The smallest absolute Gasteiger partial charge is 0.180 e. The van der Waals surface area contributed by atoms with Gasteiger partial charge in [0.15, 0.2) is 9.84 Å². The number of benzene rings is 1. The van der Waals surface area contributed by atoms with E-state index in [2.05, 4.69) is 0 Å². The predicted molar refractivity (Wildman–Crippen MR) is 75.2 cm³/mol. The van der Waals surface area contributed by atoms with Crippen LogP contribution >= 0.6 is 11.6 Å². The molecule has 0 fully saturated rings. The van der Waals surface area contributed by atoms with Crippen LogP contribution in [0.25, 0.3) is 0 Å². The van der Waals surface area contributed by atoms with Crippen LogP contribution in [0.1, 0.15) is 24.4 Å². The first kappa shape index (κ1) is 14.8. The zero-order valence-electron chi connectivity index (χ0n) is 10.8. The topological polar surface area (TPSA) is 57.6 Å². The van der Waals surface area contributed by atoms with E-state index in [0.717, 1.165) is 24.9 Å². The summed E-state index contributed by atoms with van der Waals surface area (Å²) in [5.74, 6) is 0.109. The largest absolute Gasteiger partial charge is 0.396 e. The van der Waals surface area contributed by atoms with Crippen LogP contribution in [0.4, 0.5) is 0 Å². The average Bonchev–Trinajstić information content (AvgIpc) is 2.61. The Balaban J connectivity index is 2.23. The molecule has 1 aliphatic rings. The van der Waals surface area contributed by atoms with Crippen molar-refractivity contribution in [3.8, 4) is 0 Å². The molecule has 4 nitrogen and oxygen atoms in total. The van der Waals surface area contributed by atoms with Gasteiger partial charge in [-0.2, -0.15) is 0 Å². The van der Waals surface area contributed by atoms with E-state index < -0.39 is 9.84 Å². The maximum absolute atomic E-state index is 12.1. The zero-order chi connectivity index (χ0) is 14.0. The predicted octanol–water partition coefficient (Wildman–Crippen LogP) is 1.87. The van der Waals surface area contributed by atoms with E-state index >= 15 is 0 Å². The van der Waals surface area contributed by atoms with E-state index in [1.54, 1.807) is 18.2 Å². The number of fused-ring (bicyclic) bond motifs is 1. The summed E-state index contributed by atoms with van der Waals surface area (Å²) in [4.78, 5) is 2.42. The Kier molecular flexibility index (Phi) is 4.50. The minimum Gasteiger partial charge on any atom is -0.396 e. The van der Waals surface area contributed by atoms with E-state index in [0.29, 0.717) is 9.92 Å². The molecule has 0 saturated heterocycles. The molecule has 1 aromatic carbocycles. The number of nitrogens with zero attached hydrogens (tertiary/aromatic N) is 1. The van der Waals surface area contributed by atoms with E-state index in [-0.39, 0.29) is 18.4 Å². The summed E-state index contributed by atoms with van der Waals surface area (Å²) < 4.78 is 24.2. The van der Waals surface area contributed by atoms with Gasteiger partial charge in [0.2, 0.25) is 0 Å². The van der Waals surface area contributed by atoms with Crippen molar-refractivity contribution in [2.75, 3.05) is 26.0 Å². The Morgan fingerprint density at radius 3 is 2.84 bits per heavy atom. The second kappa shape index (κ2) is 5.79. The van der Waals surface area contributed by atoms with Crippen molar-refractivity contribution >= 4 is 21.4 Å². The number of unbranched alkanes of at least 4 members (excludes halogenated alkanes) is 1. The number of halogens is 1. The molecule has 1 aromatic rings. The molecule has 0 radical (unpaired) electrons. The number of aliphatic hydroxyl groups is 1. The molecular weight excluding hydrogens is 286 g/mol. The van der Waals surface area contributed by atoms with Gasteiger partial charge < -0.3 is 5.11 Å². The lowest BCUT2D eigenvalue weighted by molar-refractivity contribution is 0.236. The lowest BCUT2D eigenvalue weighted by Crippen LogP contribution is -2.27. The monoisotopic (exact) mass is 303 g/mol. The van der Waals surface area contributed by atoms with Gasteiger partial charge in [-0.05, 0) is 50.2 Å². The summed E-state index contributed by atoms with van der Waals surface area (Å²) in [6.07, 6.45) is 1.58. The molecule has 1 heterocycles. The third-order valence-corrected chi connectivity index (χ3v) is 5.53. The molecule has 2 rings (SSSR count). The molecule has 0 aliphatic carbocycles. The Morgan fingerprint density at radius 1 is 1.42 bits per heavy atom. The molecule has 0 spiro atoms. The number of rotatable bonds is 5. The number of hydrogen-bond acceptors (Lipinski definition) is 4. The van der Waals surface area contributed by atoms with Crippen molar-refractivity contribution in [1.29, 1.82) is 0 Å². The van der Waals surface area contributed by atoms with Crippen LogP contribution in [0.2, 0.25) is 5.02 Å². The van der Waals surface area contributed by atoms with Gasteiger partial charge in [-0.3, -0.25) is 4.90 Å². The molecule has 19 heavy (non-hydrogen) atoms. The summed E-state index contributed by atoms with van der Waals surface area (Å²) in [6, 6.07) is 4.81. The number of hydrogen-bond donors (Lipinski definition) is 1. The molecule has 1 unspecified atom stereocenters. The highest BCUT2D eigenvalue weighted by atomic mass is 35.5. The van der Waals surface area contributed by atoms with E-state index in [9.17, 15) is 8.42 Å². The van der Waals surface area contributed by atoms with Crippen molar-refractivity contribution < 1.29 is 13.5 Å². The fraction of sp³-hybridized carbons (Fsp3) is 0.538. The zero-order valence-corrected chi connectivity index (χ0v) is 12.4. The van der Waals surface area contributed by atoms with E-state index in [1.807, 2.05) is 11.9 Å². The summed E-state index contributed by atoms with van der Waals surface area (Å²) in [7, 11) is -1.29. The van der Waals surface area contributed by atoms with Gasteiger partial charge >= 0.3 is 0 Å². The van der Waals surface area contributed by atoms with Gasteiger partial charge in [-0.1, -0.05) is 11.6 Å². The van der Waals surface area contributed by atoms with Crippen LogP contribution in [0, 0.1) is 0 Å². The fourth-order valence-electron chi connectivity index (χ4n) is 2.44. The lowest BCUT2D eigenvalue weighted by Gasteiger charge is -2.24.